The van der Waals surface area contributed by atoms with Crippen LogP contribution in [0.5, 0.6) is 0 Å². The molecule has 2 aromatic heterocycles. The molecular weight excluding hydrogens is 348 g/mol. The van der Waals surface area contributed by atoms with Crippen molar-refractivity contribution < 1.29 is 4.79 Å². The van der Waals surface area contributed by atoms with Crippen LogP contribution < -0.4 is 21.9 Å². The topological polar surface area (TPSA) is 103 Å². The van der Waals surface area contributed by atoms with Gasteiger partial charge in [-0.2, -0.15) is 4.98 Å². The lowest BCUT2D eigenvalue weighted by molar-refractivity contribution is -0.120. The second kappa shape index (κ2) is 7.51. The Morgan fingerprint density at radius 3 is 2.52 bits per heavy atom. The minimum Gasteiger partial charge on any atom is -0.317 e. The maximum Gasteiger partial charge on any atom is 0.332 e. The fraction of sp³-hybridized carbons (Fsp3) is 0.556. The molecule has 0 bridgehead atoms. The summed E-state index contributed by atoms with van der Waals surface area (Å²) in [6.07, 6.45) is 3.48. The van der Waals surface area contributed by atoms with Gasteiger partial charge in [0.1, 0.15) is 0 Å². The quantitative estimate of drug-likeness (QED) is 0.751. The SMILES string of the molecule is CC(C)=CCn1c(NC(=O)C2CCNCC2)nc2c1c(=O)n(C)c(=O)n2C. The van der Waals surface area contributed by atoms with Crippen LogP contribution in [0.4, 0.5) is 5.95 Å². The number of piperidine rings is 1. The summed E-state index contributed by atoms with van der Waals surface area (Å²) in [7, 11) is 3.01. The van der Waals surface area contributed by atoms with Gasteiger partial charge < -0.3 is 9.88 Å². The van der Waals surface area contributed by atoms with Gasteiger partial charge in [-0.05, 0) is 39.8 Å². The van der Waals surface area contributed by atoms with Crippen molar-refractivity contribution in [2.45, 2.75) is 33.2 Å². The zero-order valence-corrected chi connectivity index (χ0v) is 16.2. The van der Waals surface area contributed by atoms with Crippen molar-refractivity contribution in [3.05, 3.63) is 32.5 Å². The zero-order valence-electron chi connectivity index (χ0n) is 16.2. The van der Waals surface area contributed by atoms with Gasteiger partial charge in [0.2, 0.25) is 11.9 Å². The average molecular weight is 374 g/mol. The number of hydrogen-bond donors (Lipinski definition) is 2. The van der Waals surface area contributed by atoms with Crippen molar-refractivity contribution in [2.24, 2.45) is 20.0 Å². The van der Waals surface area contributed by atoms with E-state index in [-0.39, 0.29) is 17.5 Å². The molecule has 0 spiro atoms. The number of allylic oxidation sites excluding steroid dienone is 2. The summed E-state index contributed by atoms with van der Waals surface area (Å²) in [4.78, 5) is 42.0. The Kier molecular flexibility index (Phi) is 5.31. The molecule has 146 valence electrons. The fourth-order valence-corrected chi connectivity index (χ4v) is 3.29. The van der Waals surface area contributed by atoms with Crippen LogP contribution in [0.25, 0.3) is 11.2 Å². The Balaban J connectivity index is 2.11. The summed E-state index contributed by atoms with van der Waals surface area (Å²) in [5, 5.41) is 6.11. The van der Waals surface area contributed by atoms with Crippen LogP contribution >= 0.6 is 0 Å². The highest BCUT2D eigenvalue weighted by Gasteiger charge is 2.24. The average Bonchev–Trinajstić information content (AvgIpc) is 3.01. The standard InChI is InChI=1S/C18H26N6O3/c1-11(2)7-10-24-13-14(22(3)18(27)23(4)16(13)26)20-17(24)21-15(25)12-5-8-19-9-6-12/h7,12,19H,5-6,8-10H2,1-4H3,(H,20,21,25). The van der Waals surface area contributed by atoms with Crippen molar-refractivity contribution in [3.8, 4) is 0 Å². The van der Waals surface area contributed by atoms with E-state index in [4.69, 9.17) is 0 Å². The minimum atomic E-state index is -0.449. The van der Waals surface area contributed by atoms with Crippen molar-refractivity contribution in [1.82, 2.24) is 24.0 Å². The van der Waals surface area contributed by atoms with Gasteiger partial charge in [-0.3, -0.25) is 24.0 Å². The number of rotatable bonds is 4. The van der Waals surface area contributed by atoms with Crippen LogP contribution in [-0.2, 0) is 25.4 Å². The van der Waals surface area contributed by atoms with Crippen LogP contribution in [0.15, 0.2) is 21.2 Å². The van der Waals surface area contributed by atoms with Gasteiger partial charge in [0.05, 0.1) is 0 Å². The molecule has 1 aliphatic rings. The van der Waals surface area contributed by atoms with Gasteiger partial charge in [0, 0.05) is 26.6 Å². The number of hydrogen-bond acceptors (Lipinski definition) is 5. The van der Waals surface area contributed by atoms with E-state index in [1.54, 1.807) is 11.6 Å². The molecule has 27 heavy (non-hydrogen) atoms. The summed E-state index contributed by atoms with van der Waals surface area (Å²) in [5.74, 6) is 0.103. The predicted molar refractivity (Wildman–Crippen MR) is 104 cm³/mol. The van der Waals surface area contributed by atoms with E-state index in [1.807, 2.05) is 19.9 Å². The second-order valence-electron chi connectivity index (χ2n) is 7.22. The molecule has 0 aliphatic carbocycles. The number of aromatic nitrogens is 4. The lowest BCUT2D eigenvalue weighted by Crippen LogP contribution is -2.37. The normalized spacial score (nSPS) is 15.1. The highest BCUT2D eigenvalue weighted by molar-refractivity contribution is 5.92. The number of carbonyl (C=O) groups excluding carboxylic acids is 1. The molecule has 1 amide bonds. The first-order valence-electron chi connectivity index (χ1n) is 9.12. The Morgan fingerprint density at radius 1 is 1.22 bits per heavy atom. The lowest BCUT2D eigenvalue weighted by Gasteiger charge is -2.21. The van der Waals surface area contributed by atoms with E-state index in [9.17, 15) is 14.4 Å². The van der Waals surface area contributed by atoms with E-state index in [2.05, 4.69) is 15.6 Å². The molecule has 0 atom stereocenters. The van der Waals surface area contributed by atoms with Crippen molar-refractivity contribution in [1.29, 1.82) is 0 Å². The number of imidazole rings is 1. The second-order valence-corrected chi connectivity index (χ2v) is 7.22. The number of nitrogens with one attached hydrogen (secondary N) is 2. The molecule has 1 fully saturated rings. The lowest BCUT2D eigenvalue weighted by atomic mass is 9.97. The van der Waals surface area contributed by atoms with Gasteiger partial charge in [-0.1, -0.05) is 11.6 Å². The van der Waals surface area contributed by atoms with Crippen LogP contribution in [0.1, 0.15) is 26.7 Å². The number of nitrogens with zero attached hydrogens (tertiary/aromatic N) is 4. The minimum absolute atomic E-state index is 0.0883. The molecule has 0 unspecified atom stereocenters. The third kappa shape index (κ3) is 3.59. The largest absolute Gasteiger partial charge is 0.332 e. The Labute approximate surface area is 156 Å². The molecular formula is C18H26N6O3. The third-order valence-corrected chi connectivity index (χ3v) is 4.98. The molecule has 0 radical (unpaired) electrons. The van der Waals surface area contributed by atoms with Gasteiger partial charge in [-0.25, -0.2) is 4.79 Å². The smallest absolute Gasteiger partial charge is 0.317 e. The van der Waals surface area contributed by atoms with Crippen molar-refractivity contribution >= 4 is 23.0 Å². The van der Waals surface area contributed by atoms with Crippen molar-refractivity contribution in [2.75, 3.05) is 18.4 Å². The molecule has 2 N–H and O–H groups in total. The summed E-state index contributed by atoms with van der Waals surface area (Å²) in [5.41, 5.74) is 0.776. The van der Waals surface area contributed by atoms with E-state index in [1.165, 1.54) is 11.6 Å². The Bertz CT molecular complexity index is 1020. The van der Waals surface area contributed by atoms with E-state index in [0.29, 0.717) is 18.0 Å². The van der Waals surface area contributed by atoms with E-state index >= 15 is 0 Å². The summed E-state index contributed by atoms with van der Waals surface area (Å²) in [6, 6.07) is 0. The third-order valence-electron chi connectivity index (χ3n) is 4.98. The number of carbonyl (C=O) groups is 1. The van der Waals surface area contributed by atoms with Gasteiger partial charge in [-0.15, -0.1) is 0 Å². The summed E-state index contributed by atoms with van der Waals surface area (Å²) in [6.45, 7) is 5.91. The number of anilines is 1. The number of amides is 1. The highest BCUT2D eigenvalue weighted by Crippen LogP contribution is 2.19. The van der Waals surface area contributed by atoms with E-state index < -0.39 is 11.2 Å². The maximum absolute atomic E-state index is 12.7. The van der Waals surface area contributed by atoms with Crippen molar-refractivity contribution in [3.63, 3.8) is 0 Å². The van der Waals surface area contributed by atoms with Crippen LogP contribution in [0.3, 0.4) is 0 Å². The molecule has 3 rings (SSSR count). The van der Waals surface area contributed by atoms with Crippen LogP contribution in [0, 0.1) is 5.92 Å². The van der Waals surface area contributed by atoms with E-state index in [0.717, 1.165) is 36.1 Å². The Morgan fingerprint density at radius 2 is 1.89 bits per heavy atom. The highest BCUT2D eigenvalue weighted by atomic mass is 16.2. The Hall–Kier alpha value is -2.68. The van der Waals surface area contributed by atoms with Gasteiger partial charge in [0.25, 0.3) is 5.56 Å². The first-order chi connectivity index (χ1) is 12.8. The first kappa shape index (κ1) is 19.1. The molecule has 0 aromatic carbocycles. The van der Waals surface area contributed by atoms with Gasteiger partial charge >= 0.3 is 5.69 Å². The molecule has 0 saturated carbocycles. The monoisotopic (exact) mass is 374 g/mol. The molecule has 9 nitrogen and oxygen atoms in total. The zero-order chi connectivity index (χ0) is 19.7. The molecule has 1 aliphatic heterocycles. The van der Waals surface area contributed by atoms with Crippen LogP contribution in [0.2, 0.25) is 0 Å². The maximum atomic E-state index is 12.7. The first-order valence-corrected chi connectivity index (χ1v) is 9.12. The summed E-state index contributed by atoms with van der Waals surface area (Å²) < 4.78 is 4.06. The number of aryl methyl sites for hydroxylation is 1. The fourth-order valence-electron chi connectivity index (χ4n) is 3.29. The molecule has 2 aromatic rings. The molecule has 3 heterocycles. The van der Waals surface area contributed by atoms with Crippen LogP contribution in [-0.4, -0.2) is 37.7 Å². The molecule has 9 heteroatoms. The predicted octanol–water partition coefficient (Wildman–Crippen LogP) is 0.338. The summed E-state index contributed by atoms with van der Waals surface area (Å²) >= 11 is 0. The molecule has 1 saturated heterocycles. The van der Waals surface area contributed by atoms with Gasteiger partial charge in [0.15, 0.2) is 11.2 Å². The number of fused-ring (bicyclic) bond motifs is 1.